The van der Waals surface area contributed by atoms with Gasteiger partial charge in [-0.25, -0.2) is 9.59 Å². The lowest BCUT2D eigenvalue weighted by Gasteiger charge is -2.36. The molecule has 0 radical (unpaired) electrons. The normalized spacial score (nSPS) is 13.5. The molecule has 1 aliphatic heterocycles. The van der Waals surface area contributed by atoms with E-state index in [1.807, 2.05) is 65.6 Å². The van der Waals surface area contributed by atoms with E-state index in [9.17, 15) is 9.59 Å². The van der Waals surface area contributed by atoms with E-state index in [1.54, 1.807) is 30.2 Å². The summed E-state index contributed by atoms with van der Waals surface area (Å²) >= 11 is 0. The summed E-state index contributed by atoms with van der Waals surface area (Å²) in [4.78, 5) is 29.3. The average molecular weight is 446 g/mol. The lowest BCUT2D eigenvalue weighted by Crippen LogP contribution is -2.49. The summed E-state index contributed by atoms with van der Waals surface area (Å²) in [6.45, 7) is 1.93. The Morgan fingerprint density at radius 2 is 1.64 bits per heavy atom. The molecule has 7 nitrogen and oxygen atoms in total. The van der Waals surface area contributed by atoms with Crippen LogP contribution in [0.1, 0.15) is 17.5 Å². The number of hydrogen-bond donors (Lipinski definition) is 1. The third-order valence-corrected chi connectivity index (χ3v) is 5.47. The maximum Gasteiger partial charge on any atom is 0.412 e. The standard InChI is InChI=1S/C26H27N3O4/c1-32-22-13-14-24(23(17-22)27-25(30)33-19-21-11-6-3-7-12-21)29-16-8-15-28(26(29)31)18-20-9-4-2-5-10-20/h2-7,9-14,17H,8,15-16,18-19H2,1H3,(H,27,30). The SMILES string of the molecule is COc1ccc(N2CCCN(Cc3ccccc3)C2=O)c(NC(=O)OCc2ccccc2)c1. The number of ether oxygens (including phenoxy) is 2. The van der Waals surface area contributed by atoms with E-state index in [0.717, 1.165) is 17.5 Å². The van der Waals surface area contributed by atoms with Gasteiger partial charge in [-0.05, 0) is 29.7 Å². The maximum atomic E-state index is 13.3. The van der Waals surface area contributed by atoms with Crippen LogP contribution in [0.15, 0.2) is 78.9 Å². The van der Waals surface area contributed by atoms with E-state index in [1.165, 1.54) is 0 Å². The molecular weight excluding hydrogens is 418 g/mol. The van der Waals surface area contributed by atoms with E-state index < -0.39 is 6.09 Å². The molecule has 0 aromatic heterocycles. The van der Waals surface area contributed by atoms with Crippen molar-refractivity contribution in [3.8, 4) is 5.75 Å². The molecule has 0 spiro atoms. The second kappa shape index (κ2) is 10.5. The Bertz CT molecular complexity index is 1090. The topological polar surface area (TPSA) is 71.1 Å². The Morgan fingerprint density at radius 3 is 2.33 bits per heavy atom. The highest BCUT2D eigenvalue weighted by atomic mass is 16.5. The molecule has 1 saturated heterocycles. The van der Waals surface area contributed by atoms with Crippen molar-refractivity contribution in [1.82, 2.24) is 4.90 Å². The quantitative estimate of drug-likeness (QED) is 0.537. The summed E-state index contributed by atoms with van der Waals surface area (Å²) in [5.74, 6) is 0.572. The Balaban J connectivity index is 1.50. The average Bonchev–Trinajstić information content (AvgIpc) is 2.85. The highest BCUT2D eigenvalue weighted by Crippen LogP contribution is 2.33. The largest absolute Gasteiger partial charge is 0.497 e. The molecule has 1 N–H and O–H groups in total. The molecule has 33 heavy (non-hydrogen) atoms. The van der Waals surface area contributed by atoms with Crippen molar-refractivity contribution < 1.29 is 19.1 Å². The first-order chi connectivity index (χ1) is 16.1. The molecular formula is C26H27N3O4. The molecule has 1 heterocycles. The van der Waals surface area contributed by atoms with Crippen LogP contribution in [0.25, 0.3) is 0 Å². The molecule has 0 bridgehead atoms. The zero-order valence-corrected chi connectivity index (χ0v) is 18.6. The molecule has 3 amide bonds. The highest BCUT2D eigenvalue weighted by molar-refractivity contribution is 5.99. The van der Waals surface area contributed by atoms with Gasteiger partial charge in [-0.2, -0.15) is 0 Å². The van der Waals surface area contributed by atoms with Gasteiger partial charge in [0, 0.05) is 25.7 Å². The van der Waals surface area contributed by atoms with Crippen molar-refractivity contribution in [2.45, 2.75) is 19.6 Å². The van der Waals surface area contributed by atoms with Gasteiger partial charge in [-0.1, -0.05) is 60.7 Å². The second-order valence-electron chi connectivity index (χ2n) is 7.76. The molecule has 4 rings (SSSR count). The predicted molar refractivity (Wildman–Crippen MR) is 127 cm³/mol. The number of rotatable bonds is 7. The minimum Gasteiger partial charge on any atom is -0.497 e. The fourth-order valence-corrected chi connectivity index (χ4v) is 3.80. The van der Waals surface area contributed by atoms with Gasteiger partial charge in [0.1, 0.15) is 12.4 Å². The van der Waals surface area contributed by atoms with E-state index in [0.29, 0.717) is 36.8 Å². The van der Waals surface area contributed by atoms with Gasteiger partial charge in [-0.15, -0.1) is 0 Å². The number of methoxy groups -OCH3 is 1. The van der Waals surface area contributed by atoms with Gasteiger partial charge in [0.05, 0.1) is 18.5 Å². The van der Waals surface area contributed by atoms with Crippen molar-refractivity contribution in [2.75, 3.05) is 30.4 Å². The van der Waals surface area contributed by atoms with Gasteiger partial charge in [0.2, 0.25) is 0 Å². The fourth-order valence-electron chi connectivity index (χ4n) is 3.80. The summed E-state index contributed by atoms with van der Waals surface area (Å²) < 4.78 is 10.7. The van der Waals surface area contributed by atoms with Crippen LogP contribution in [0.2, 0.25) is 0 Å². The zero-order valence-electron chi connectivity index (χ0n) is 18.6. The summed E-state index contributed by atoms with van der Waals surface area (Å²) in [5, 5.41) is 2.78. The molecule has 1 aliphatic rings. The molecule has 3 aromatic rings. The predicted octanol–water partition coefficient (Wildman–Crippen LogP) is 5.28. The lowest BCUT2D eigenvalue weighted by atomic mass is 10.1. The molecule has 7 heteroatoms. The molecule has 0 aliphatic carbocycles. The van der Waals surface area contributed by atoms with Crippen LogP contribution in [0.4, 0.5) is 21.0 Å². The van der Waals surface area contributed by atoms with Crippen LogP contribution in [0.5, 0.6) is 5.75 Å². The number of urea groups is 1. The summed E-state index contributed by atoms with van der Waals surface area (Å²) in [6, 6.07) is 24.5. The van der Waals surface area contributed by atoms with Gasteiger partial charge in [0.15, 0.2) is 0 Å². The number of benzene rings is 3. The molecule has 0 unspecified atom stereocenters. The summed E-state index contributed by atoms with van der Waals surface area (Å²) in [5.41, 5.74) is 3.03. The number of nitrogens with zero attached hydrogens (tertiary/aromatic N) is 2. The first-order valence-electron chi connectivity index (χ1n) is 10.9. The number of anilines is 2. The van der Waals surface area contributed by atoms with Crippen LogP contribution in [0.3, 0.4) is 0 Å². The third-order valence-electron chi connectivity index (χ3n) is 5.47. The lowest BCUT2D eigenvalue weighted by molar-refractivity contribution is 0.155. The van der Waals surface area contributed by atoms with Crippen LogP contribution in [0, 0.1) is 0 Å². The Morgan fingerprint density at radius 1 is 0.939 bits per heavy atom. The molecule has 170 valence electrons. The zero-order chi connectivity index (χ0) is 23.0. The number of amides is 3. The van der Waals surface area contributed by atoms with Crippen molar-refractivity contribution in [3.05, 3.63) is 90.0 Å². The molecule has 0 saturated carbocycles. The van der Waals surface area contributed by atoms with E-state index in [-0.39, 0.29) is 12.6 Å². The van der Waals surface area contributed by atoms with Crippen LogP contribution in [-0.4, -0.2) is 37.2 Å². The van der Waals surface area contributed by atoms with Gasteiger partial charge in [-0.3, -0.25) is 10.2 Å². The third kappa shape index (κ3) is 5.63. The van der Waals surface area contributed by atoms with Gasteiger partial charge >= 0.3 is 12.1 Å². The number of carbonyl (C=O) groups is 2. The van der Waals surface area contributed by atoms with Crippen molar-refractivity contribution >= 4 is 23.5 Å². The monoisotopic (exact) mass is 445 g/mol. The molecule has 3 aromatic carbocycles. The number of hydrogen-bond acceptors (Lipinski definition) is 4. The molecule has 1 fully saturated rings. The van der Waals surface area contributed by atoms with E-state index in [2.05, 4.69) is 5.32 Å². The Kier molecular flexibility index (Phi) is 7.09. The minimum atomic E-state index is -0.598. The Labute approximate surface area is 193 Å². The molecule has 0 atom stereocenters. The van der Waals surface area contributed by atoms with Crippen molar-refractivity contribution in [2.24, 2.45) is 0 Å². The van der Waals surface area contributed by atoms with Gasteiger partial charge in [0.25, 0.3) is 0 Å². The van der Waals surface area contributed by atoms with Crippen molar-refractivity contribution in [1.29, 1.82) is 0 Å². The summed E-state index contributed by atoms with van der Waals surface area (Å²) in [6.07, 6.45) is 0.224. The Hall–Kier alpha value is -4.00. The summed E-state index contributed by atoms with van der Waals surface area (Å²) in [7, 11) is 1.56. The van der Waals surface area contributed by atoms with Crippen LogP contribution >= 0.6 is 0 Å². The number of nitrogens with one attached hydrogen (secondary N) is 1. The minimum absolute atomic E-state index is 0.101. The first kappa shape index (κ1) is 22.2. The smallest absolute Gasteiger partial charge is 0.412 e. The van der Waals surface area contributed by atoms with E-state index in [4.69, 9.17) is 9.47 Å². The fraction of sp³-hybridized carbons (Fsp3) is 0.231. The first-order valence-corrected chi connectivity index (χ1v) is 10.9. The van der Waals surface area contributed by atoms with Crippen LogP contribution < -0.4 is 15.0 Å². The van der Waals surface area contributed by atoms with Gasteiger partial charge < -0.3 is 14.4 Å². The highest BCUT2D eigenvalue weighted by Gasteiger charge is 2.29. The van der Waals surface area contributed by atoms with Crippen molar-refractivity contribution in [3.63, 3.8) is 0 Å². The van der Waals surface area contributed by atoms with Crippen LogP contribution in [-0.2, 0) is 17.9 Å². The number of carbonyl (C=O) groups excluding carboxylic acids is 2. The second-order valence-corrected chi connectivity index (χ2v) is 7.76. The van der Waals surface area contributed by atoms with E-state index >= 15 is 0 Å². The maximum absolute atomic E-state index is 13.3.